The third-order valence-corrected chi connectivity index (χ3v) is 7.28. The fourth-order valence-electron chi connectivity index (χ4n) is 5.31. The zero-order valence-electron chi connectivity index (χ0n) is 21.2. The number of hydrogen-bond donors (Lipinski definition) is 2. The Hall–Kier alpha value is -2.83. The zero-order chi connectivity index (χ0) is 24.9. The van der Waals surface area contributed by atoms with Crippen molar-refractivity contribution in [3.8, 4) is 5.75 Å². The van der Waals surface area contributed by atoms with Gasteiger partial charge < -0.3 is 19.8 Å². The van der Waals surface area contributed by atoms with Crippen LogP contribution in [0.15, 0.2) is 21.3 Å². The Labute approximate surface area is 207 Å². The molecule has 7 heteroatoms. The first kappa shape index (κ1) is 25.3. The van der Waals surface area contributed by atoms with Gasteiger partial charge in [0, 0.05) is 24.6 Å². The quantitative estimate of drug-likeness (QED) is 0.553. The molecule has 2 amide bonds. The average molecular weight is 483 g/mol. The maximum atomic E-state index is 12.6. The van der Waals surface area contributed by atoms with Crippen LogP contribution in [-0.4, -0.2) is 31.5 Å². The molecule has 35 heavy (non-hydrogen) atoms. The molecule has 0 saturated heterocycles. The fraction of sp³-hybridized carbons (Fsp3) is 0.607. The van der Waals surface area contributed by atoms with Crippen LogP contribution in [-0.2, 0) is 22.4 Å². The first-order valence-electron chi connectivity index (χ1n) is 13.1. The van der Waals surface area contributed by atoms with E-state index in [1.54, 1.807) is 0 Å². The van der Waals surface area contributed by atoms with E-state index in [4.69, 9.17) is 9.15 Å². The van der Waals surface area contributed by atoms with Crippen LogP contribution in [0.2, 0.25) is 0 Å². The van der Waals surface area contributed by atoms with Crippen LogP contribution in [0, 0.1) is 24.7 Å². The maximum absolute atomic E-state index is 12.6. The number of nitrogens with one attached hydrogen (secondary N) is 2. The Bertz CT molecular complexity index is 1130. The van der Waals surface area contributed by atoms with Crippen LogP contribution in [0.4, 0.5) is 0 Å². The van der Waals surface area contributed by atoms with Crippen molar-refractivity contribution in [3.05, 3.63) is 39.2 Å². The summed E-state index contributed by atoms with van der Waals surface area (Å²) >= 11 is 0. The maximum Gasteiger partial charge on any atom is 0.339 e. The summed E-state index contributed by atoms with van der Waals surface area (Å²) in [4.78, 5) is 37.3. The Balaban J connectivity index is 1.31. The number of fused-ring (bicyclic) bond motifs is 3. The van der Waals surface area contributed by atoms with Crippen molar-refractivity contribution in [1.29, 1.82) is 0 Å². The van der Waals surface area contributed by atoms with Gasteiger partial charge in [-0.3, -0.25) is 9.59 Å². The van der Waals surface area contributed by atoms with Crippen molar-refractivity contribution in [2.45, 2.75) is 72.1 Å². The predicted molar refractivity (Wildman–Crippen MR) is 136 cm³/mol. The molecule has 1 aromatic heterocycles. The smallest absolute Gasteiger partial charge is 0.339 e. The highest BCUT2D eigenvalue weighted by Crippen LogP contribution is 2.34. The van der Waals surface area contributed by atoms with E-state index in [2.05, 4.69) is 24.5 Å². The number of amides is 2. The molecule has 1 fully saturated rings. The number of rotatable bonds is 8. The van der Waals surface area contributed by atoms with E-state index in [-0.39, 0.29) is 30.0 Å². The van der Waals surface area contributed by atoms with Gasteiger partial charge in [0.2, 0.25) is 5.91 Å². The number of benzene rings is 1. The lowest BCUT2D eigenvalue weighted by Gasteiger charge is -2.28. The molecule has 1 aromatic carbocycles. The molecule has 2 N–H and O–H groups in total. The minimum absolute atomic E-state index is 0.0839. The third kappa shape index (κ3) is 6.24. The number of carbonyl (C=O) groups is 2. The first-order chi connectivity index (χ1) is 16.8. The molecule has 2 aliphatic carbocycles. The normalized spacial score (nSPS) is 19.9. The Morgan fingerprint density at radius 1 is 1.06 bits per heavy atom. The molecule has 0 bridgehead atoms. The Kier molecular flexibility index (Phi) is 8.14. The van der Waals surface area contributed by atoms with Gasteiger partial charge in [-0.1, -0.05) is 13.8 Å². The molecule has 1 saturated carbocycles. The summed E-state index contributed by atoms with van der Waals surface area (Å²) in [5.74, 6) is 1.53. The van der Waals surface area contributed by atoms with Crippen molar-refractivity contribution >= 4 is 22.8 Å². The van der Waals surface area contributed by atoms with E-state index >= 15 is 0 Å². The molecular weight excluding hydrogens is 444 g/mol. The summed E-state index contributed by atoms with van der Waals surface area (Å²) in [6.45, 7) is 7.35. The molecule has 0 atom stereocenters. The predicted octanol–water partition coefficient (Wildman–Crippen LogP) is 4.05. The van der Waals surface area contributed by atoms with Crippen molar-refractivity contribution in [2.75, 3.05) is 19.7 Å². The topological polar surface area (TPSA) is 97.6 Å². The van der Waals surface area contributed by atoms with Gasteiger partial charge in [0.15, 0.2) is 6.61 Å². The van der Waals surface area contributed by atoms with E-state index in [1.807, 2.05) is 19.1 Å². The highest BCUT2D eigenvalue weighted by atomic mass is 16.5. The lowest BCUT2D eigenvalue weighted by molar-refractivity contribution is -0.127. The van der Waals surface area contributed by atoms with E-state index in [9.17, 15) is 14.4 Å². The summed E-state index contributed by atoms with van der Waals surface area (Å²) in [6, 6.07) is 3.77. The van der Waals surface area contributed by atoms with E-state index in [1.165, 1.54) is 0 Å². The molecule has 1 heterocycles. The molecule has 4 rings (SSSR count). The lowest BCUT2D eigenvalue weighted by Crippen LogP contribution is -2.38. The second-order valence-electron chi connectivity index (χ2n) is 10.6. The fourth-order valence-corrected chi connectivity index (χ4v) is 5.31. The summed E-state index contributed by atoms with van der Waals surface area (Å²) in [5, 5.41) is 6.87. The van der Waals surface area contributed by atoms with E-state index in [0.29, 0.717) is 29.7 Å². The molecule has 2 aromatic rings. The van der Waals surface area contributed by atoms with Crippen LogP contribution in [0.5, 0.6) is 5.75 Å². The summed E-state index contributed by atoms with van der Waals surface area (Å²) in [7, 11) is 0. The van der Waals surface area contributed by atoms with Crippen LogP contribution in [0.25, 0.3) is 11.0 Å². The van der Waals surface area contributed by atoms with Gasteiger partial charge in [-0.15, -0.1) is 0 Å². The molecule has 0 radical (unpaired) electrons. The third-order valence-electron chi connectivity index (χ3n) is 7.28. The van der Waals surface area contributed by atoms with Crippen LogP contribution < -0.4 is 21.0 Å². The second kappa shape index (κ2) is 11.3. The van der Waals surface area contributed by atoms with E-state index in [0.717, 1.165) is 80.0 Å². The van der Waals surface area contributed by atoms with Crippen LogP contribution in [0.3, 0.4) is 0 Å². The molecule has 190 valence electrons. The number of aryl methyl sites for hydroxylation is 2. The minimum Gasteiger partial charge on any atom is -0.483 e. The Morgan fingerprint density at radius 2 is 1.77 bits per heavy atom. The molecule has 7 nitrogen and oxygen atoms in total. The zero-order valence-corrected chi connectivity index (χ0v) is 21.2. The van der Waals surface area contributed by atoms with Crippen molar-refractivity contribution in [2.24, 2.45) is 17.8 Å². The molecule has 0 aliphatic heterocycles. The first-order valence-corrected chi connectivity index (χ1v) is 13.1. The van der Waals surface area contributed by atoms with Crippen molar-refractivity contribution in [1.82, 2.24) is 10.6 Å². The largest absolute Gasteiger partial charge is 0.483 e. The molecule has 0 spiro atoms. The highest BCUT2D eigenvalue weighted by Gasteiger charge is 2.26. The summed E-state index contributed by atoms with van der Waals surface area (Å²) in [6.07, 6.45) is 7.17. The van der Waals surface area contributed by atoms with Crippen LogP contribution >= 0.6 is 0 Å². The van der Waals surface area contributed by atoms with Gasteiger partial charge in [-0.2, -0.15) is 0 Å². The van der Waals surface area contributed by atoms with Gasteiger partial charge in [0.1, 0.15) is 11.3 Å². The lowest BCUT2D eigenvalue weighted by atomic mass is 9.81. The number of ether oxygens (including phenoxy) is 1. The van der Waals surface area contributed by atoms with Crippen molar-refractivity contribution in [3.63, 3.8) is 0 Å². The molecule has 2 aliphatic rings. The van der Waals surface area contributed by atoms with Gasteiger partial charge in [0.25, 0.3) is 5.91 Å². The van der Waals surface area contributed by atoms with E-state index < -0.39 is 0 Å². The van der Waals surface area contributed by atoms with Crippen molar-refractivity contribution < 1.29 is 18.7 Å². The monoisotopic (exact) mass is 482 g/mol. The summed E-state index contributed by atoms with van der Waals surface area (Å²) in [5.41, 5.74) is 2.94. The minimum atomic E-state index is -0.256. The van der Waals surface area contributed by atoms with Gasteiger partial charge in [0.05, 0.1) is 5.39 Å². The standard InChI is InChI=1S/C28H38N2O5/c1-17(2)14-30-27(32)20-10-8-19(9-11-20)15-29-25(31)16-34-23-12-18(3)13-24-26(23)21-6-4-5-7-22(21)28(33)35-24/h12-13,17,19-20H,4-11,14-16H2,1-3H3,(H,29,31)(H,30,32). The second-order valence-corrected chi connectivity index (χ2v) is 10.6. The van der Waals surface area contributed by atoms with Gasteiger partial charge >= 0.3 is 5.63 Å². The van der Waals surface area contributed by atoms with Crippen LogP contribution in [0.1, 0.15) is 69.1 Å². The number of carbonyl (C=O) groups excluding carboxylic acids is 2. The number of hydrogen-bond acceptors (Lipinski definition) is 5. The molecule has 0 unspecified atom stereocenters. The molecular formula is C28H38N2O5. The van der Waals surface area contributed by atoms with Gasteiger partial charge in [-0.05, 0) is 93.4 Å². The SMILES string of the molecule is Cc1cc(OCC(=O)NCC2CCC(C(=O)NCC(C)C)CC2)c2c3c(c(=O)oc2c1)CCCC3. The average Bonchev–Trinajstić information content (AvgIpc) is 2.84. The highest BCUT2D eigenvalue weighted by molar-refractivity contribution is 5.89. The Morgan fingerprint density at radius 3 is 2.49 bits per heavy atom. The summed E-state index contributed by atoms with van der Waals surface area (Å²) < 4.78 is 11.6. The van der Waals surface area contributed by atoms with Gasteiger partial charge in [-0.25, -0.2) is 4.79 Å².